The molecule has 0 rings (SSSR count). The van der Waals surface area contributed by atoms with Crippen LogP contribution in [0.5, 0.6) is 0 Å². The molecule has 4 nitrogen and oxygen atoms in total. The van der Waals surface area contributed by atoms with Gasteiger partial charge in [0.25, 0.3) is 11.2 Å². The number of hydrogen-bond acceptors (Lipinski definition) is 4. The Kier molecular flexibility index (Phi) is 10.8. The van der Waals surface area contributed by atoms with Crippen molar-refractivity contribution in [2.45, 2.75) is 55.9 Å². The molecule has 0 aliphatic heterocycles. The van der Waals surface area contributed by atoms with Crippen LogP contribution in [0.15, 0.2) is 71.1 Å². The lowest BCUT2D eigenvalue weighted by atomic mass is 9.81. The summed E-state index contributed by atoms with van der Waals surface area (Å²) in [7, 11) is 0. The fraction of sp³-hybridized carbons (Fsp3) is 0.455. The number of alkyl halides is 15. The molecule has 0 radical (unpaired) electrons. The van der Waals surface area contributed by atoms with Gasteiger partial charge in [0.15, 0.2) is 0 Å². The molecule has 41 heavy (non-hydrogen) atoms. The van der Waals surface area contributed by atoms with Gasteiger partial charge in [0.1, 0.15) is 5.92 Å². The molecule has 0 saturated heterocycles. The van der Waals surface area contributed by atoms with E-state index in [1.807, 2.05) is 0 Å². The first-order valence-corrected chi connectivity index (χ1v) is 10.3. The second kappa shape index (κ2) is 11.7. The molecular formula is C22H21F15N2O2. The Bertz CT molecular complexity index is 1010. The molecule has 0 amide bonds. The Morgan fingerprint density at radius 1 is 0.561 bits per heavy atom. The largest absolute Gasteiger partial charge is 0.430 e. The maximum atomic E-state index is 14.1. The van der Waals surface area contributed by atoms with E-state index < -0.39 is 93.8 Å². The van der Waals surface area contributed by atoms with Crippen molar-refractivity contribution in [1.29, 1.82) is 0 Å². The molecule has 0 aliphatic rings. The molecule has 19 heteroatoms. The molecule has 0 bridgehead atoms. The summed E-state index contributed by atoms with van der Waals surface area (Å²) in [6.45, 7) is 6.20. The molecule has 0 heterocycles. The Labute approximate surface area is 221 Å². The van der Waals surface area contributed by atoms with Gasteiger partial charge in [-0.15, -0.1) is 0 Å². The van der Waals surface area contributed by atoms with Gasteiger partial charge in [0.05, 0.1) is 0 Å². The molecule has 0 aromatic heterocycles. The van der Waals surface area contributed by atoms with Crippen LogP contribution in [0.25, 0.3) is 0 Å². The van der Waals surface area contributed by atoms with Gasteiger partial charge >= 0.3 is 30.9 Å². The van der Waals surface area contributed by atoms with Gasteiger partial charge in [-0.25, -0.2) is 0 Å². The predicted molar refractivity (Wildman–Crippen MR) is 114 cm³/mol. The van der Waals surface area contributed by atoms with Crippen LogP contribution in [0.2, 0.25) is 0 Å². The van der Waals surface area contributed by atoms with Crippen molar-refractivity contribution in [1.82, 2.24) is 0 Å². The topological polar surface area (TPSA) is 92.5 Å². The minimum atomic E-state index is -6.67. The average molecular weight is 630 g/mol. The Hall–Kier alpha value is -3.09. The average Bonchev–Trinajstić information content (AvgIpc) is 2.72. The molecule has 0 aromatic rings. The highest BCUT2D eigenvalue weighted by Crippen LogP contribution is 2.51. The van der Waals surface area contributed by atoms with Crippen molar-refractivity contribution < 1.29 is 76.1 Å². The minimum Gasteiger partial charge on any atom is -0.402 e. The summed E-state index contributed by atoms with van der Waals surface area (Å²) < 4.78 is 203. The summed E-state index contributed by atoms with van der Waals surface area (Å²) in [4.78, 5) is 0. The van der Waals surface area contributed by atoms with Crippen LogP contribution in [0, 0.1) is 5.92 Å². The van der Waals surface area contributed by atoms with Crippen molar-refractivity contribution in [3.8, 4) is 0 Å². The maximum absolute atomic E-state index is 14.1. The highest BCUT2D eigenvalue weighted by molar-refractivity contribution is 5.48. The molecule has 236 valence electrons. The fourth-order valence-electron chi connectivity index (χ4n) is 3.36. The summed E-state index contributed by atoms with van der Waals surface area (Å²) in [5, 5.41) is 19.3. The summed E-state index contributed by atoms with van der Waals surface area (Å²) >= 11 is 0. The van der Waals surface area contributed by atoms with Crippen molar-refractivity contribution in [3.05, 3.63) is 71.1 Å². The van der Waals surface area contributed by atoms with E-state index in [4.69, 9.17) is 11.5 Å². The van der Waals surface area contributed by atoms with Crippen molar-refractivity contribution in [2.75, 3.05) is 0 Å². The van der Waals surface area contributed by atoms with E-state index >= 15 is 0 Å². The third-order valence-electron chi connectivity index (χ3n) is 5.36. The zero-order valence-electron chi connectivity index (χ0n) is 20.5. The lowest BCUT2D eigenvalue weighted by Gasteiger charge is -2.35. The van der Waals surface area contributed by atoms with Crippen molar-refractivity contribution in [3.63, 3.8) is 0 Å². The molecule has 0 saturated carbocycles. The first-order valence-electron chi connectivity index (χ1n) is 10.3. The molecule has 0 atom stereocenters. The number of aliphatic hydroxyl groups is 2. The smallest absolute Gasteiger partial charge is 0.402 e. The van der Waals surface area contributed by atoms with Gasteiger partial charge in [-0.3, -0.25) is 0 Å². The van der Waals surface area contributed by atoms with Gasteiger partial charge in [-0.05, 0) is 37.1 Å². The highest BCUT2D eigenvalue weighted by Gasteiger charge is 2.73. The van der Waals surface area contributed by atoms with Crippen LogP contribution in [0.4, 0.5) is 65.9 Å². The molecule has 0 unspecified atom stereocenters. The Morgan fingerprint density at radius 2 is 0.780 bits per heavy atom. The molecule has 0 aliphatic carbocycles. The monoisotopic (exact) mass is 630 g/mol. The SMILES string of the molecule is C=C/C(=C\C(=C(/C)N)C(O)(C(F)(F)F)C(F)(F)F)C(/C(C=C)=C/C(=C(\C)N)C(O)(C(F)(F)F)C(F)(F)F)C(F)(F)F. The van der Waals surface area contributed by atoms with E-state index in [1.165, 1.54) is 0 Å². The van der Waals surface area contributed by atoms with E-state index in [1.54, 1.807) is 0 Å². The van der Waals surface area contributed by atoms with E-state index in [0.29, 0.717) is 13.8 Å². The van der Waals surface area contributed by atoms with E-state index in [0.717, 1.165) is 0 Å². The van der Waals surface area contributed by atoms with Crippen molar-refractivity contribution in [2.24, 2.45) is 17.4 Å². The summed E-state index contributed by atoms with van der Waals surface area (Å²) in [5.74, 6) is -3.67. The van der Waals surface area contributed by atoms with E-state index in [9.17, 15) is 76.1 Å². The first kappa shape index (κ1) is 37.9. The number of hydrogen-bond donors (Lipinski definition) is 4. The van der Waals surface area contributed by atoms with Crippen LogP contribution in [0.1, 0.15) is 13.8 Å². The van der Waals surface area contributed by atoms with Gasteiger partial charge < -0.3 is 21.7 Å². The number of nitrogens with two attached hydrogens (primary N) is 2. The number of allylic oxidation sites excluding steroid dienone is 6. The summed E-state index contributed by atoms with van der Waals surface area (Å²) in [6, 6.07) is 0. The first-order chi connectivity index (χ1) is 17.9. The highest BCUT2D eigenvalue weighted by atomic mass is 19.4. The zero-order chi connectivity index (χ0) is 33.4. The lowest BCUT2D eigenvalue weighted by Crippen LogP contribution is -2.58. The second-order valence-corrected chi connectivity index (χ2v) is 8.28. The zero-order valence-corrected chi connectivity index (χ0v) is 20.5. The Morgan fingerprint density at radius 3 is 0.902 bits per heavy atom. The Balaban J connectivity index is 8.01. The van der Waals surface area contributed by atoms with Crippen LogP contribution in [-0.2, 0) is 0 Å². The van der Waals surface area contributed by atoms with Crippen LogP contribution >= 0.6 is 0 Å². The van der Waals surface area contributed by atoms with Gasteiger partial charge in [0, 0.05) is 22.5 Å². The van der Waals surface area contributed by atoms with Crippen LogP contribution < -0.4 is 11.5 Å². The predicted octanol–water partition coefficient (Wildman–Crippen LogP) is 6.57. The standard InChI is InChI=1S/C22H21F15N2O2/c1-5-11(7-13(9(3)38)16(40,19(26,27)28)20(29,30)31)15(18(23,24)25)12(6-2)8-14(10(4)39)17(41,21(32,33)34)22(35,36)37/h5-8,15,40-41H,1-2,38-39H2,3-4H3/b11-7+,12-8+,13-9-,14-10-. The summed E-state index contributed by atoms with van der Waals surface area (Å²) in [5.41, 5.74) is -13.3. The minimum absolute atomic E-state index is 0.0516. The summed E-state index contributed by atoms with van der Waals surface area (Å²) in [6.07, 6.45) is -33.9. The van der Waals surface area contributed by atoms with E-state index in [-0.39, 0.29) is 12.2 Å². The van der Waals surface area contributed by atoms with Gasteiger partial charge in [0.2, 0.25) is 0 Å². The third kappa shape index (κ3) is 7.22. The molecule has 0 fully saturated rings. The lowest BCUT2D eigenvalue weighted by molar-refractivity contribution is -0.351. The quantitative estimate of drug-likeness (QED) is 0.181. The second-order valence-electron chi connectivity index (χ2n) is 8.28. The number of halogens is 15. The molecule has 6 N–H and O–H groups in total. The van der Waals surface area contributed by atoms with Crippen LogP contribution in [0.3, 0.4) is 0 Å². The number of rotatable bonds is 8. The van der Waals surface area contributed by atoms with Crippen LogP contribution in [-0.4, -0.2) is 52.3 Å². The molecule has 0 spiro atoms. The van der Waals surface area contributed by atoms with Crippen molar-refractivity contribution >= 4 is 0 Å². The molecular weight excluding hydrogens is 609 g/mol. The fourth-order valence-corrected chi connectivity index (χ4v) is 3.36. The normalized spacial score (nSPS) is 17.5. The third-order valence-corrected chi connectivity index (χ3v) is 5.36. The maximum Gasteiger partial charge on any atom is 0.430 e. The molecule has 0 aromatic carbocycles. The van der Waals surface area contributed by atoms with E-state index in [2.05, 4.69) is 13.2 Å². The van der Waals surface area contributed by atoms with Gasteiger partial charge in [-0.2, -0.15) is 65.9 Å². The van der Waals surface area contributed by atoms with Gasteiger partial charge in [-0.1, -0.05) is 25.3 Å².